The van der Waals surface area contributed by atoms with E-state index in [2.05, 4.69) is 5.32 Å². The van der Waals surface area contributed by atoms with Crippen molar-refractivity contribution >= 4 is 11.9 Å². The van der Waals surface area contributed by atoms with Crippen LogP contribution in [0.4, 0.5) is 4.39 Å². The molecule has 1 aromatic rings. The molecule has 0 bridgehead atoms. The predicted molar refractivity (Wildman–Crippen MR) is 74.2 cm³/mol. The number of aliphatic carboxylic acids is 1. The van der Waals surface area contributed by atoms with Crippen molar-refractivity contribution in [3.05, 3.63) is 35.6 Å². The highest BCUT2D eigenvalue weighted by Gasteiger charge is 2.47. The molecule has 2 aliphatic rings. The lowest BCUT2D eigenvalue weighted by atomic mass is 9.66. The normalized spacial score (nSPS) is 25.8. The maximum absolute atomic E-state index is 13.2. The molecule has 21 heavy (non-hydrogen) atoms. The Balaban J connectivity index is 1.54. The van der Waals surface area contributed by atoms with Crippen molar-refractivity contribution in [2.24, 2.45) is 5.41 Å². The zero-order valence-corrected chi connectivity index (χ0v) is 11.6. The maximum Gasteiger partial charge on any atom is 0.310 e. The smallest absolute Gasteiger partial charge is 0.310 e. The highest BCUT2D eigenvalue weighted by Crippen LogP contribution is 2.45. The van der Waals surface area contributed by atoms with Crippen LogP contribution in [0.5, 0.6) is 0 Å². The monoisotopic (exact) mass is 291 g/mol. The first kappa shape index (κ1) is 14.0. The van der Waals surface area contributed by atoms with Crippen molar-refractivity contribution < 1.29 is 19.1 Å². The fourth-order valence-corrected chi connectivity index (χ4v) is 3.10. The minimum absolute atomic E-state index is 0.00483. The Morgan fingerprint density at radius 3 is 2.71 bits per heavy atom. The molecule has 0 radical (unpaired) electrons. The van der Waals surface area contributed by atoms with Crippen molar-refractivity contribution in [3.63, 3.8) is 0 Å². The molecule has 4 nitrogen and oxygen atoms in total. The largest absolute Gasteiger partial charge is 0.481 e. The average molecular weight is 291 g/mol. The average Bonchev–Trinajstić information content (AvgIpc) is 3.12. The SMILES string of the molecule is O=C(CC1(C(=O)O)CCC1)NC1CC1c1cccc(F)c1. The van der Waals surface area contributed by atoms with Crippen LogP contribution in [-0.2, 0) is 9.59 Å². The van der Waals surface area contributed by atoms with Crippen LogP contribution >= 0.6 is 0 Å². The van der Waals surface area contributed by atoms with Gasteiger partial charge in [-0.05, 0) is 37.0 Å². The zero-order chi connectivity index (χ0) is 15.0. The molecule has 0 aromatic heterocycles. The van der Waals surface area contributed by atoms with Crippen LogP contribution in [0.25, 0.3) is 0 Å². The van der Waals surface area contributed by atoms with Gasteiger partial charge in [-0.2, -0.15) is 0 Å². The minimum atomic E-state index is -0.874. The van der Waals surface area contributed by atoms with Crippen molar-refractivity contribution in [2.75, 3.05) is 0 Å². The van der Waals surface area contributed by atoms with Gasteiger partial charge in [-0.3, -0.25) is 9.59 Å². The zero-order valence-electron chi connectivity index (χ0n) is 11.6. The lowest BCUT2D eigenvalue weighted by Gasteiger charge is -2.36. The molecule has 112 valence electrons. The number of benzene rings is 1. The van der Waals surface area contributed by atoms with Crippen LogP contribution in [0.15, 0.2) is 24.3 Å². The van der Waals surface area contributed by atoms with Gasteiger partial charge >= 0.3 is 5.97 Å². The fourth-order valence-electron chi connectivity index (χ4n) is 3.10. The fraction of sp³-hybridized carbons (Fsp3) is 0.500. The van der Waals surface area contributed by atoms with Gasteiger partial charge < -0.3 is 10.4 Å². The molecule has 0 saturated heterocycles. The number of carboxylic acid groups (broad SMARTS) is 1. The second kappa shape index (κ2) is 5.13. The quantitative estimate of drug-likeness (QED) is 0.875. The van der Waals surface area contributed by atoms with E-state index in [1.807, 2.05) is 6.07 Å². The van der Waals surface area contributed by atoms with Crippen molar-refractivity contribution in [1.82, 2.24) is 5.32 Å². The Kier molecular flexibility index (Phi) is 3.43. The standard InChI is InChI=1S/C16H18FNO3/c17-11-4-1-3-10(7-11)12-8-13(12)18-14(19)9-16(15(20)21)5-2-6-16/h1,3-4,7,12-13H,2,5-6,8-9H2,(H,18,19)(H,20,21). The van der Waals surface area contributed by atoms with Crippen LogP contribution < -0.4 is 5.32 Å². The number of nitrogens with one attached hydrogen (secondary N) is 1. The van der Waals surface area contributed by atoms with E-state index in [4.69, 9.17) is 0 Å². The molecule has 1 amide bonds. The van der Waals surface area contributed by atoms with Crippen LogP contribution in [0.1, 0.15) is 43.6 Å². The summed E-state index contributed by atoms with van der Waals surface area (Å²) in [5.41, 5.74) is 0.0322. The molecule has 0 aliphatic heterocycles. The van der Waals surface area contributed by atoms with Gasteiger partial charge in [-0.25, -0.2) is 4.39 Å². The summed E-state index contributed by atoms with van der Waals surface area (Å²) in [6.07, 6.45) is 2.86. The number of halogens is 1. The van der Waals surface area contributed by atoms with Crippen molar-refractivity contribution in [3.8, 4) is 0 Å². The van der Waals surface area contributed by atoms with E-state index >= 15 is 0 Å². The number of hydrogen-bond acceptors (Lipinski definition) is 2. The highest BCUT2D eigenvalue weighted by atomic mass is 19.1. The molecule has 0 heterocycles. The van der Waals surface area contributed by atoms with Gasteiger partial charge in [0, 0.05) is 18.4 Å². The second-order valence-electron chi connectivity index (χ2n) is 6.19. The molecule has 2 aliphatic carbocycles. The summed E-state index contributed by atoms with van der Waals surface area (Å²) in [7, 11) is 0. The molecule has 5 heteroatoms. The number of amides is 1. The Labute approximate surface area is 122 Å². The lowest BCUT2D eigenvalue weighted by Crippen LogP contribution is -2.43. The van der Waals surface area contributed by atoms with E-state index in [9.17, 15) is 19.1 Å². The van der Waals surface area contributed by atoms with Gasteiger partial charge in [-0.1, -0.05) is 18.6 Å². The molecule has 3 rings (SSSR count). The van der Waals surface area contributed by atoms with E-state index < -0.39 is 11.4 Å². The van der Waals surface area contributed by atoms with Gasteiger partial charge in [-0.15, -0.1) is 0 Å². The summed E-state index contributed by atoms with van der Waals surface area (Å²) in [4.78, 5) is 23.2. The van der Waals surface area contributed by atoms with Gasteiger partial charge in [0.2, 0.25) is 5.91 Å². The number of carbonyl (C=O) groups excluding carboxylic acids is 1. The molecule has 2 atom stereocenters. The van der Waals surface area contributed by atoms with E-state index in [-0.39, 0.29) is 30.1 Å². The van der Waals surface area contributed by atoms with Gasteiger partial charge in [0.25, 0.3) is 0 Å². The molecule has 1 aromatic carbocycles. The molecule has 2 N–H and O–H groups in total. The van der Waals surface area contributed by atoms with E-state index in [0.29, 0.717) is 12.8 Å². The molecule has 2 unspecified atom stereocenters. The molecule has 2 saturated carbocycles. The van der Waals surface area contributed by atoms with Crippen molar-refractivity contribution in [2.45, 2.75) is 44.1 Å². The summed E-state index contributed by atoms with van der Waals surface area (Å²) in [6, 6.07) is 6.40. The number of carboxylic acids is 1. The Hall–Kier alpha value is -1.91. The molecular weight excluding hydrogens is 273 g/mol. The Morgan fingerprint density at radius 2 is 2.14 bits per heavy atom. The molecule has 2 fully saturated rings. The number of rotatable bonds is 5. The Morgan fingerprint density at radius 1 is 1.38 bits per heavy atom. The first-order chi connectivity index (χ1) is 10.00. The van der Waals surface area contributed by atoms with Crippen LogP contribution in [-0.4, -0.2) is 23.0 Å². The molecule has 0 spiro atoms. The number of hydrogen-bond donors (Lipinski definition) is 2. The third kappa shape index (κ3) is 2.77. The molecular formula is C16H18FNO3. The summed E-state index contributed by atoms with van der Waals surface area (Å²) in [6.45, 7) is 0. The van der Waals surface area contributed by atoms with Gasteiger partial charge in [0.05, 0.1) is 5.41 Å². The minimum Gasteiger partial charge on any atom is -0.481 e. The first-order valence-electron chi connectivity index (χ1n) is 7.28. The van der Waals surface area contributed by atoms with Crippen LogP contribution in [0.2, 0.25) is 0 Å². The van der Waals surface area contributed by atoms with Crippen molar-refractivity contribution in [1.29, 1.82) is 0 Å². The summed E-state index contributed by atoms with van der Waals surface area (Å²) in [5.74, 6) is -1.21. The highest BCUT2D eigenvalue weighted by molar-refractivity contribution is 5.86. The van der Waals surface area contributed by atoms with Crippen LogP contribution in [0, 0.1) is 11.2 Å². The third-order valence-corrected chi connectivity index (χ3v) is 4.68. The van der Waals surface area contributed by atoms with Gasteiger partial charge in [0.1, 0.15) is 5.82 Å². The lowest BCUT2D eigenvalue weighted by molar-refractivity contribution is -0.157. The van der Waals surface area contributed by atoms with E-state index in [0.717, 1.165) is 18.4 Å². The topological polar surface area (TPSA) is 66.4 Å². The van der Waals surface area contributed by atoms with Crippen LogP contribution in [0.3, 0.4) is 0 Å². The summed E-state index contributed by atoms with van der Waals surface area (Å²) in [5, 5.41) is 12.1. The van der Waals surface area contributed by atoms with E-state index in [1.165, 1.54) is 12.1 Å². The number of carbonyl (C=O) groups is 2. The summed E-state index contributed by atoms with van der Waals surface area (Å²) < 4.78 is 13.2. The van der Waals surface area contributed by atoms with Gasteiger partial charge in [0.15, 0.2) is 0 Å². The predicted octanol–water partition coefficient (Wildman–Crippen LogP) is 2.44. The maximum atomic E-state index is 13.2. The van der Waals surface area contributed by atoms with E-state index in [1.54, 1.807) is 6.07 Å². The summed E-state index contributed by atoms with van der Waals surface area (Å²) >= 11 is 0. The second-order valence-corrected chi connectivity index (χ2v) is 6.19. The first-order valence-corrected chi connectivity index (χ1v) is 7.28. The Bertz CT molecular complexity index is 583. The third-order valence-electron chi connectivity index (χ3n) is 4.68.